The monoisotopic (exact) mass is 546 g/mol. The number of hydrogen-bond acceptors (Lipinski definition) is 6. The molecule has 0 aliphatic carbocycles. The number of carbonyl (C=O) groups is 2. The molecule has 6 rings (SSSR count). The zero-order chi connectivity index (χ0) is 29.2. The number of fused-ring (bicyclic) bond motifs is 2. The zero-order valence-corrected chi connectivity index (χ0v) is 23.6. The van der Waals surface area contributed by atoms with Crippen LogP contribution < -0.4 is 5.32 Å². The SMILES string of the molecule is CC(C)(C)OC=O.N#Cc1ccc(-c2ccc3c(c2)C=NC3=O)cc1.c1ccc2nc(C3CCNCC3)ccc2c1. The van der Waals surface area contributed by atoms with E-state index < -0.39 is 0 Å². The number of piperidine rings is 1. The zero-order valence-electron chi connectivity index (χ0n) is 23.6. The van der Waals surface area contributed by atoms with E-state index in [1.807, 2.05) is 45.0 Å². The molecule has 1 N–H and O–H groups in total. The summed E-state index contributed by atoms with van der Waals surface area (Å²) in [4.78, 5) is 29.5. The molecular weight excluding hydrogens is 512 g/mol. The Bertz CT molecular complexity index is 1570. The summed E-state index contributed by atoms with van der Waals surface area (Å²) >= 11 is 0. The molecule has 0 radical (unpaired) electrons. The molecule has 0 atom stereocenters. The highest BCUT2D eigenvalue weighted by molar-refractivity contribution is 6.13. The van der Waals surface area contributed by atoms with Crippen LogP contribution in [0, 0.1) is 11.3 Å². The number of nitrogens with zero attached hydrogens (tertiary/aromatic N) is 3. The second kappa shape index (κ2) is 13.6. The molecule has 1 amide bonds. The predicted molar refractivity (Wildman–Crippen MR) is 162 cm³/mol. The minimum Gasteiger partial charge on any atom is -0.462 e. The topological polar surface area (TPSA) is 104 Å². The first kappa shape index (κ1) is 29.3. The molecular formula is C34H34N4O3. The Morgan fingerprint density at radius 3 is 2.32 bits per heavy atom. The molecule has 4 aromatic rings. The number of pyridine rings is 1. The van der Waals surface area contributed by atoms with Crippen molar-refractivity contribution in [3.05, 3.63) is 101 Å². The molecule has 3 aromatic carbocycles. The van der Waals surface area contributed by atoms with Crippen LogP contribution in [-0.4, -0.2) is 42.3 Å². The van der Waals surface area contributed by atoms with Gasteiger partial charge >= 0.3 is 0 Å². The second-order valence-corrected chi connectivity index (χ2v) is 10.8. The van der Waals surface area contributed by atoms with Crippen LogP contribution in [0.2, 0.25) is 0 Å². The molecule has 0 saturated carbocycles. The fourth-order valence-electron chi connectivity index (χ4n) is 4.55. The molecule has 1 aromatic heterocycles. The largest absolute Gasteiger partial charge is 0.462 e. The molecule has 7 nitrogen and oxygen atoms in total. The number of amides is 1. The van der Waals surface area contributed by atoms with Crippen molar-refractivity contribution in [3.63, 3.8) is 0 Å². The van der Waals surface area contributed by atoms with Crippen LogP contribution in [0.4, 0.5) is 0 Å². The molecule has 208 valence electrons. The third-order valence-corrected chi connectivity index (χ3v) is 6.73. The van der Waals surface area contributed by atoms with E-state index in [2.05, 4.69) is 57.5 Å². The van der Waals surface area contributed by atoms with Crippen molar-refractivity contribution in [1.82, 2.24) is 10.3 Å². The molecule has 3 heterocycles. The number of carbonyl (C=O) groups excluding carboxylic acids is 2. The average Bonchev–Trinajstić information content (AvgIpc) is 3.37. The van der Waals surface area contributed by atoms with Gasteiger partial charge in [0.1, 0.15) is 5.60 Å². The van der Waals surface area contributed by atoms with Crippen molar-refractivity contribution in [2.45, 2.75) is 45.1 Å². The Hall–Kier alpha value is -4.67. The van der Waals surface area contributed by atoms with Crippen molar-refractivity contribution in [2.75, 3.05) is 13.1 Å². The molecule has 2 aliphatic heterocycles. The van der Waals surface area contributed by atoms with Gasteiger partial charge in [-0.15, -0.1) is 0 Å². The minimum atomic E-state index is -0.318. The number of aromatic nitrogens is 1. The quantitative estimate of drug-likeness (QED) is 0.296. The lowest BCUT2D eigenvalue weighted by molar-refractivity contribution is -0.138. The molecule has 41 heavy (non-hydrogen) atoms. The molecule has 0 unspecified atom stereocenters. The van der Waals surface area contributed by atoms with E-state index in [0.29, 0.717) is 23.5 Å². The summed E-state index contributed by atoms with van der Waals surface area (Å²) in [6, 6.07) is 27.8. The molecule has 2 aliphatic rings. The van der Waals surface area contributed by atoms with Crippen molar-refractivity contribution in [1.29, 1.82) is 5.26 Å². The van der Waals surface area contributed by atoms with E-state index >= 15 is 0 Å². The van der Waals surface area contributed by atoms with Crippen molar-refractivity contribution >= 4 is 29.5 Å². The molecule has 0 bridgehead atoms. The van der Waals surface area contributed by atoms with Crippen LogP contribution in [0.5, 0.6) is 0 Å². The summed E-state index contributed by atoms with van der Waals surface area (Å²) in [5.74, 6) is 0.460. The van der Waals surface area contributed by atoms with Crippen LogP contribution in [0.25, 0.3) is 22.0 Å². The summed E-state index contributed by atoms with van der Waals surface area (Å²) in [5.41, 5.74) is 6.23. The fraction of sp³-hybridized carbons (Fsp3) is 0.265. The maximum atomic E-state index is 11.4. The van der Waals surface area contributed by atoms with Gasteiger partial charge in [0.2, 0.25) is 0 Å². The van der Waals surface area contributed by atoms with E-state index in [1.165, 1.54) is 23.9 Å². The van der Waals surface area contributed by atoms with Gasteiger partial charge in [-0.1, -0.05) is 42.5 Å². The highest BCUT2D eigenvalue weighted by Crippen LogP contribution is 2.26. The molecule has 1 saturated heterocycles. The number of nitrogens with one attached hydrogen (secondary N) is 1. The lowest BCUT2D eigenvalue weighted by atomic mass is 9.94. The standard InChI is InChI=1S/C15H8N2O.C14H16N2.C5H10O2/c16-8-10-1-3-11(4-2-10)12-5-6-14-13(7-12)9-17-15(14)18;1-2-4-13-11(3-1)5-6-14(16-13)12-7-9-15-10-8-12;1-5(2,3)7-4-6/h1-7,9H;1-6,12,15H,7-10H2;4H,1-3H3. The molecule has 0 spiro atoms. The van der Waals surface area contributed by atoms with Gasteiger partial charge in [-0.25, -0.2) is 4.99 Å². The lowest BCUT2D eigenvalue weighted by Crippen LogP contribution is -2.27. The van der Waals surface area contributed by atoms with Gasteiger partial charge in [-0.2, -0.15) is 5.26 Å². The Balaban J connectivity index is 0.000000155. The highest BCUT2D eigenvalue weighted by Gasteiger charge is 2.17. The second-order valence-electron chi connectivity index (χ2n) is 10.8. The summed E-state index contributed by atoms with van der Waals surface area (Å²) in [6.07, 6.45) is 4.02. The van der Waals surface area contributed by atoms with Gasteiger partial charge in [-0.05, 0) is 94.2 Å². The predicted octanol–water partition coefficient (Wildman–Crippen LogP) is 6.46. The van der Waals surface area contributed by atoms with Crippen LogP contribution in [0.1, 0.15) is 66.7 Å². The van der Waals surface area contributed by atoms with E-state index in [-0.39, 0.29) is 11.5 Å². The number of benzene rings is 3. The van der Waals surface area contributed by atoms with E-state index in [9.17, 15) is 9.59 Å². The first-order valence-corrected chi connectivity index (χ1v) is 13.7. The van der Waals surface area contributed by atoms with Gasteiger partial charge in [0.15, 0.2) is 0 Å². The lowest BCUT2D eigenvalue weighted by Gasteiger charge is -2.22. The van der Waals surface area contributed by atoms with Crippen LogP contribution in [-0.2, 0) is 9.53 Å². The smallest absolute Gasteiger partial charge is 0.293 e. The Labute approximate surface area is 240 Å². The van der Waals surface area contributed by atoms with E-state index in [1.54, 1.807) is 24.4 Å². The van der Waals surface area contributed by atoms with Gasteiger partial charge < -0.3 is 10.1 Å². The number of para-hydroxylation sites is 1. The van der Waals surface area contributed by atoms with Crippen molar-refractivity contribution in [2.24, 2.45) is 4.99 Å². The summed E-state index contributed by atoms with van der Waals surface area (Å²) in [6.45, 7) is 8.17. The van der Waals surface area contributed by atoms with E-state index in [4.69, 9.17) is 10.2 Å². The Morgan fingerprint density at radius 1 is 0.951 bits per heavy atom. The maximum Gasteiger partial charge on any atom is 0.293 e. The molecule has 1 fully saturated rings. The highest BCUT2D eigenvalue weighted by atomic mass is 16.5. The van der Waals surface area contributed by atoms with E-state index in [0.717, 1.165) is 35.3 Å². The number of rotatable bonds is 3. The van der Waals surface area contributed by atoms with Crippen LogP contribution in [0.3, 0.4) is 0 Å². The summed E-state index contributed by atoms with van der Waals surface area (Å²) < 4.78 is 4.55. The minimum absolute atomic E-state index is 0.184. The van der Waals surface area contributed by atoms with Gasteiger partial charge in [0, 0.05) is 28.8 Å². The fourth-order valence-corrected chi connectivity index (χ4v) is 4.55. The third kappa shape index (κ3) is 8.17. The summed E-state index contributed by atoms with van der Waals surface area (Å²) in [7, 11) is 0. The average molecular weight is 547 g/mol. The van der Waals surface area contributed by atoms with Gasteiger partial charge in [0.25, 0.3) is 12.4 Å². The third-order valence-electron chi connectivity index (χ3n) is 6.73. The Morgan fingerprint density at radius 2 is 1.66 bits per heavy atom. The maximum absolute atomic E-state index is 11.4. The normalized spacial score (nSPS) is 14.1. The van der Waals surface area contributed by atoms with Crippen molar-refractivity contribution < 1.29 is 14.3 Å². The first-order valence-electron chi connectivity index (χ1n) is 13.7. The number of ether oxygens (including phenoxy) is 1. The van der Waals surface area contributed by atoms with Crippen molar-refractivity contribution in [3.8, 4) is 17.2 Å². The van der Waals surface area contributed by atoms with Crippen LogP contribution >= 0.6 is 0 Å². The number of aliphatic imine (C=N–C) groups is 1. The first-order chi connectivity index (χ1) is 19.8. The Kier molecular flexibility index (Phi) is 9.73. The van der Waals surface area contributed by atoms with Crippen LogP contribution in [0.15, 0.2) is 83.9 Å². The van der Waals surface area contributed by atoms with Gasteiger partial charge in [-0.3, -0.25) is 14.6 Å². The number of hydrogen-bond donors (Lipinski definition) is 1. The number of nitriles is 1. The summed E-state index contributed by atoms with van der Waals surface area (Å²) in [5, 5.41) is 13.4. The van der Waals surface area contributed by atoms with Gasteiger partial charge in [0.05, 0.1) is 22.7 Å². The molecule has 7 heteroatoms.